The normalized spacial score (nSPS) is 11.5. The number of rotatable bonds is 6. The van der Waals surface area contributed by atoms with Crippen molar-refractivity contribution in [3.05, 3.63) is 64.7 Å². The highest BCUT2D eigenvalue weighted by molar-refractivity contribution is 7.19. The summed E-state index contributed by atoms with van der Waals surface area (Å²) < 4.78 is 1.07. The molecule has 6 heteroatoms. The lowest BCUT2D eigenvalue weighted by molar-refractivity contribution is -0.136. The third kappa shape index (κ3) is 4.15. The van der Waals surface area contributed by atoms with Crippen LogP contribution in [0.2, 0.25) is 0 Å². The van der Waals surface area contributed by atoms with E-state index in [-0.39, 0.29) is 12.3 Å². The Labute approximate surface area is 155 Å². The molecule has 0 spiro atoms. The van der Waals surface area contributed by atoms with E-state index in [0.29, 0.717) is 12.0 Å². The smallest absolute Gasteiger partial charge is 0.303 e. The third-order valence-corrected chi connectivity index (χ3v) is 5.03. The largest absolute Gasteiger partial charge is 0.481 e. The summed E-state index contributed by atoms with van der Waals surface area (Å²) >= 11 is 1.55. The van der Waals surface area contributed by atoms with Crippen LogP contribution in [0.5, 0.6) is 0 Å². The number of carbonyl (C=O) groups is 2. The number of hydrogen-bond donors (Lipinski definition) is 2. The molecule has 26 heavy (non-hydrogen) atoms. The van der Waals surface area contributed by atoms with E-state index in [1.54, 1.807) is 30.5 Å². The molecule has 2 N–H and O–H groups in total. The molecule has 1 aromatic heterocycles. The molecule has 0 aliphatic carbocycles. The number of aliphatic carboxylic acids is 1. The number of aromatic nitrogens is 1. The summed E-state index contributed by atoms with van der Waals surface area (Å²) in [6.45, 7) is 0. The van der Waals surface area contributed by atoms with E-state index in [2.05, 4.69) is 10.3 Å². The van der Waals surface area contributed by atoms with Crippen LogP contribution in [-0.4, -0.2) is 29.0 Å². The number of thiazole rings is 1. The Morgan fingerprint density at radius 1 is 1.12 bits per heavy atom. The Morgan fingerprint density at radius 2 is 1.85 bits per heavy atom. The zero-order valence-corrected chi connectivity index (χ0v) is 15.0. The maximum Gasteiger partial charge on any atom is 0.303 e. The molecule has 1 amide bonds. The van der Waals surface area contributed by atoms with Crippen LogP contribution in [0, 0.1) is 0 Å². The molecule has 0 aliphatic heterocycles. The van der Waals surface area contributed by atoms with Gasteiger partial charge in [0.05, 0.1) is 10.2 Å². The summed E-state index contributed by atoms with van der Waals surface area (Å²) in [7, 11) is 1.59. The number of para-hydroxylation sites is 1. The number of hydrogen-bond acceptors (Lipinski definition) is 4. The molecule has 0 unspecified atom stereocenters. The molecule has 5 nitrogen and oxygen atoms in total. The minimum Gasteiger partial charge on any atom is -0.481 e. The molecule has 1 heterocycles. The van der Waals surface area contributed by atoms with Gasteiger partial charge in [0, 0.05) is 19.0 Å². The first-order valence-corrected chi connectivity index (χ1v) is 8.99. The fraction of sp³-hybridized carbons (Fsp3) is 0.150. The number of carboxylic acid groups (broad SMARTS) is 1. The second-order valence-electron chi connectivity index (χ2n) is 5.75. The van der Waals surface area contributed by atoms with Crippen LogP contribution in [0.1, 0.15) is 33.8 Å². The molecule has 3 rings (SSSR count). The van der Waals surface area contributed by atoms with Crippen molar-refractivity contribution in [2.45, 2.75) is 12.8 Å². The van der Waals surface area contributed by atoms with Gasteiger partial charge in [0.15, 0.2) is 0 Å². The molecular formula is C20H18N2O3S. The average Bonchev–Trinajstić information content (AvgIpc) is 3.08. The first-order valence-electron chi connectivity index (χ1n) is 8.17. The van der Waals surface area contributed by atoms with Crippen molar-refractivity contribution < 1.29 is 14.7 Å². The van der Waals surface area contributed by atoms with Crippen molar-refractivity contribution in [2.24, 2.45) is 0 Å². The minimum atomic E-state index is -0.841. The number of carboxylic acids is 1. The molecule has 0 radical (unpaired) electrons. The van der Waals surface area contributed by atoms with E-state index in [0.717, 1.165) is 26.4 Å². The number of nitrogens with zero attached hydrogens (tertiary/aromatic N) is 1. The summed E-state index contributed by atoms with van der Waals surface area (Å²) in [5, 5.41) is 12.5. The lowest BCUT2D eigenvalue weighted by Crippen LogP contribution is -2.17. The van der Waals surface area contributed by atoms with Gasteiger partial charge in [0.1, 0.15) is 5.01 Å². The van der Waals surface area contributed by atoms with E-state index in [9.17, 15) is 9.59 Å². The zero-order valence-electron chi connectivity index (χ0n) is 14.2. The maximum atomic E-state index is 11.6. The second kappa shape index (κ2) is 7.93. The number of nitrogens with one attached hydrogen (secondary N) is 1. The first kappa shape index (κ1) is 17.8. The van der Waals surface area contributed by atoms with E-state index in [4.69, 9.17) is 5.11 Å². The molecule has 3 aromatic rings. The van der Waals surface area contributed by atoms with E-state index < -0.39 is 5.97 Å². The van der Waals surface area contributed by atoms with Crippen LogP contribution in [0.25, 0.3) is 21.9 Å². The zero-order chi connectivity index (χ0) is 18.5. The van der Waals surface area contributed by atoms with Crippen LogP contribution in [0.4, 0.5) is 0 Å². The standard InChI is InChI=1S/C20H18N2O3S/c1-21-19(25)14-8-6-13(7-9-14)12-15(10-11-18(23)24)20-22-16-4-2-3-5-17(16)26-20/h2-9,12H,10-11H2,1H3,(H,21,25)(H,23,24)/b15-12-. The molecule has 0 aliphatic rings. The fourth-order valence-corrected chi connectivity index (χ4v) is 3.58. The van der Waals surface area contributed by atoms with Gasteiger partial charge >= 0.3 is 5.97 Å². The Balaban J connectivity index is 1.95. The molecule has 0 saturated heterocycles. The maximum absolute atomic E-state index is 11.6. The Bertz CT molecular complexity index is 941. The fourth-order valence-electron chi connectivity index (χ4n) is 2.57. The lowest BCUT2D eigenvalue weighted by Gasteiger charge is -2.04. The third-order valence-electron chi connectivity index (χ3n) is 3.92. The molecule has 0 fully saturated rings. The Morgan fingerprint density at radius 3 is 2.50 bits per heavy atom. The number of allylic oxidation sites excluding steroid dienone is 1. The van der Waals surface area contributed by atoms with Gasteiger partial charge in [-0.3, -0.25) is 9.59 Å². The Hall–Kier alpha value is -2.99. The van der Waals surface area contributed by atoms with Gasteiger partial charge < -0.3 is 10.4 Å². The highest BCUT2D eigenvalue weighted by Gasteiger charge is 2.11. The summed E-state index contributed by atoms with van der Waals surface area (Å²) in [5.41, 5.74) is 3.26. The predicted molar refractivity (Wildman–Crippen MR) is 104 cm³/mol. The van der Waals surface area contributed by atoms with Gasteiger partial charge in [0.2, 0.25) is 0 Å². The van der Waals surface area contributed by atoms with Crippen LogP contribution >= 0.6 is 11.3 Å². The topological polar surface area (TPSA) is 79.3 Å². The quantitative estimate of drug-likeness (QED) is 0.689. The van der Waals surface area contributed by atoms with Crippen LogP contribution in [0.15, 0.2) is 48.5 Å². The van der Waals surface area contributed by atoms with Crippen molar-refractivity contribution in [2.75, 3.05) is 7.05 Å². The average molecular weight is 366 g/mol. The predicted octanol–water partition coefficient (Wildman–Crippen LogP) is 4.06. The monoisotopic (exact) mass is 366 g/mol. The van der Waals surface area contributed by atoms with E-state index >= 15 is 0 Å². The van der Waals surface area contributed by atoms with Gasteiger partial charge in [-0.2, -0.15) is 0 Å². The van der Waals surface area contributed by atoms with Gasteiger partial charge in [-0.15, -0.1) is 11.3 Å². The van der Waals surface area contributed by atoms with Crippen LogP contribution in [-0.2, 0) is 4.79 Å². The summed E-state index contributed by atoms with van der Waals surface area (Å²) in [6, 6.07) is 15.0. The number of amides is 1. The molecule has 132 valence electrons. The van der Waals surface area contributed by atoms with E-state index in [1.165, 1.54) is 0 Å². The van der Waals surface area contributed by atoms with E-state index in [1.807, 2.05) is 42.5 Å². The summed E-state index contributed by atoms with van der Waals surface area (Å²) in [4.78, 5) is 27.3. The number of fused-ring (bicyclic) bond motifs is 1. The van der Waals surface area contributed by atoms with Crippen molar-refractivity contribution in [1.29, 1.82) is 0 Å². The number of benzene rings is 2. The van der Waals surface area contributed by atoms with Crippen molar-refractivity contribution in [3.63, 3.8) is 0 Å². The molecule has 0 saturated carbocycles. The molecular weight excluding hydrogens is 348 g/mol. The highest BCUT2D eigenvalue weighted by atomic mass is 32.1. The highest BCUT2D eigenvalue weighted by Crippen LogP contribution is 2.31. The van der Waals surface area contributed by atoms with Gasteiger partial charge in [-0.05, 0) is 47.9 Å². The van der Waals surface area contributed by atoms with Gasteiger partial charge in [-0.1, -0.05) is 24.3 Å². The SMILES string of the molecule is CNC(=O)c1ccc(/C=C(/CCC(=O)O)c2nc3ccccc3s2)cc1. The minimum absolute atomic E-state index is 0.0398. The molecule has 2 aromatic carbocycles. The van der Waals surface area contributed by atoms with Gasteiger partial charge in [-0.25, -0.2) is 4.98 Å². The van der Waals surface area contributed by atoms with Crippen LogP contribution < -0.4 is 5.32 Å². The van der Waals surface area contributed by atoms with Crippen molar-refractivity contribution in [1.82, 2.24) is 10.3 Å². The first-order chi connectivity index (χ1) is 12.6. The van der Waals surface area contributed by atoms with Crippen LogP contribution in [0.3, 0.4) is 0 Å². The van der Waals surface area contributed by atoms with Crippen molar-refractivity contribution in [3.8, 4) is 0 Å². The molecule has 0 atom stereocenters. The van der Waals surface area contributed by atoms with Gasteiger partial charge in [0.25, 0.3) is 5.91 Å². The summed E-state index contributed by atoms with van der Waals surface area (Å²) in [6.07, 6.45) is 2.37. The molecule has 0 bridgehead atoms. The Kier molecular flexibility index (Phi) is 5.43. The number of carbonyl (C=O) groups excluding carboxylic acids is 1. The second-order valence-corrected chi connectivity index (χ2v) is 6.78. The summed E-state index contributed by atoms with van der Waals surface area (Å²) in [5.74, 6) is -0.982. The lowest BCUT2D eigenvalue weighted by atomic mass is 10.0. The van der Waals surface area contributed by atoms with Crippen molar-refractivity contribution >= 4 is 45.1 Å².